The number of halogens is 1. The highest BCUT2D eigenvalue weighted by Crippen LogP contribution is 2.10. The lowest BCUT2D eigenvalue weighted by atomic mass is 10.1. The van der Waals surface area contributed by atoms with Crippen LogP contribution in [-0.4, -0.2) is 66.9 Å². The Kier molecular flexibility index (Phi) is 7.18. The summed E-state index contributed by atoms with van der Waals surface area (Å²) in [5.74, 6) is -0.361. The summed E-state index contributed by atoms with van der Waals surface area (Å²) in [4.78, 5) is 28.8. The molecule has 27 heavy (non-hydrogen) atoms. The molecule has 0 saturated carbocycles. The number of carbonyl (C=O) groups is 2. The summed E-state index contributed by atoms with van der Waals surface area (Å²) >= 11 is 0. The molecule has 2 saturated heterocycles. The molecule has 0 spiro atoms. The maximum Gasteiger partial charge on any atom is 0.242 e. The Balaban J connectivity index is 1.44. The van der Waals surface area contributed by atoms with Crippen LogP contribution in [-0.2, 0) is 16.1 Å². The van der Waals surface area contributed by atoms with Crippen molar-refractivity contribution in [1.29, 1.82) is 0 Å². The quantitative estimate of drug-likeness (QED) is 0.808. The molecule has 2 aliphatic rings. The van der Waals surface area contributed by atoms with Gasteiger partial charge < -0.3 is 10.6 Å². The van der Waals surface area contributed by atoms with Crippen LogP contribution in [0.15, 0.2) is 24.3 Å². The molecular weight excluding hydrogens is 347 g/mol. The fourth-order valence-electron chi connectivity index (χ4n) is 3.71. The lowest BCUT2D eigenvalue weighted by Gasteiger charge is -2.22. The van der Waals surface area contributed by atoms with Crippen LogP contribution in [0.4, 0.5) is 4.39 Å². The first-order chi connectivity index (χ1) is 13.1. The molecule has 1 atom stereocenters. The Morgan fingerprint density at radius 1 is 1.07 bits per heavy atom. The van der Waals surface area contributed by atoms with Crippen molar-refractivity contribution in [1.82, 2.24) is 20.4 Å². The van der Waals surface area contributed by atoms with Gasteiger partial charge in [0, 0.05) is 26.2 Å². The second kappa shape index (κ2) is 9.80. The van der Waals surface area contributed by atoms with Crippen molar-refractivity contribution in [3.8, 4) is 0 Å². The molecule has 0 aliphatic carbocycles. The van der Waals surface area contributed by atoms with Gasteiger partial charge in [0.05, 0.1) is 6.54 Å². The van der Waals surface area contributed by atoms with Gasteiger partial charge in [0.15, 0.2) is 0 Å². The van der Waals surface area contributed by atoms with Gasteiger partial charge in [0.2, 0.25) is 11.8 Å². The molecule has 2 heterocycles. The predicted molar refractivity (Wildman–Crippen MR) is 102 cm³/mol. The fourth-order valence-corrected chi connectivity index (χ4v) is 3.71. The summed E-state index contributed by atoms with van der Waals surface area (Å²) in [5, 5.41) is 5.74. The molecule has 2 aliphatic heterocycles. The van der Waals surface area contributed by atoms with Gasteiger partial charge in [-0.3, -0.25) is 19.4 Å². The van der Waals surface area contributed by atoms with E-state index in [9.17, 15) is 14.0 Å². The molecule has 3 rings (SSSR count). The van der Waals surface area contributed by atoms with E-state index in [1.165, 1.54) is 12.1 Å². The van der Waals surface area contributed by atoms with Crippen molar-refractivity contribution in [2.45, 2.75) is 38.3 Å². The molecule has 6 nitrogen and oxygen atoms in total. The zero-order valence-corrected chi connectivity index (χ0v) is 15.8. The van der Waals surface area contributed by atoms with E-state index in [4.69, 9.17) is 0 Å². The largest absolute Gasteiger partial charge is 0.354 e. The average Bonchev–Trinajstić information content (AvgIpc) is 2.98. The number of hydrogen-bond donors (Lipinski definition) is 2. The molecule has 148 valence electrons. The molecule has 2 N–H and O–H groups in total. The molecule has 1 aromatic carbocycles. The first-order valence-electron chi connectivity index (χ1n) is 9.86. The SMILES string of the molecule is O=C(CN1CCCN(Cc2ccc(F)cc2)CC1)NC1CCCCNC1=O. The van der Waals surface area contributed by atoms with Crippen LogP contribution in [0.25, 0.3) is 0 Å². The summed E-state index contributed by atoms with van der Waals surface area (Å²) in [6.45, 7) is 5.32. The van der Waals surface area contributed by atoms with Gasteiger partial charge >= 0.3 is 0 Å². The highest BCUT2D eigenvalue weighted by molar-refractivity contribution is 5.88. The summed E-state index contributed by atoms with van der Waals surface area (Å²) in [7, 11) is 0. The number of carbonyl (C=O) groups excluding carboxylic acids is 2. The Morgan fingerprint density at radius 3 is 2.63 bits per heavy atom. The number of rotatable bonds is 5. The molecule has 2 amide bonds. The number of nitrogens with one attached hydrogen (secondary N) is 2. The van der Waals surface area contributed by atoms with Crippen LogP contribution in [0.2, 0.25) is 0 Å². The van der Waals surface area contributed by atoms with Gasteiger partial charge in [0.25, 0.3) is 0 Å². The van der Waals surface area contributed by atoms with E-state index in [1.807, 2.05) is 12.1 Å². The van der Waals surface area contributed by atoms with Crippen molar-refractivity contribution >= 4 is 11.8 Å². The normalized spacial score (nSPS) is 22.6. The first kappa shape index (κ1) is 19.8. The molecule has 0 radical (unpaired) electrons. The third-order valence-corrected chi connectivity index (χ3v) is 5.24. The van der Waals surface area contributed by atoms with Crippen LogP contribution in [0.3, 0.4) is 0 Å². The lowest BCUT2D eigenvalue weighted by Crippen LogP contribution is -2.49. The Hall–Kier alpha value is -1.99. The smallest absolute Gasteiger partial charge is 0.242 e. The molecular formula is C20H29FN4O2. The minimum absolute atomic E-state index is 0.0674. The minimum Gasteiger partial charge on any atom is -0.354 e. The van der Waals surface area contributed by atoms with Crippen LogP contribution >= 0.6 is 0 Å². The van der Waals surface area contributed by atoms with Gasteiger partial charge in [-0.1, -0.05) is 12.1 Å². The van der Waals surface area contributed by atoms with Crippen molar-refractivity contribution in [2.24, 2.45) is 0 Å². The number of benzene rings is 1. The van der Waals surface area contributed by atoms with Gasteiger partial charge in [-0.25, -0.2) is 4.39 Å². The van der Waals surface area contributed by atoms with E-state index >= 15 is 0 Å². The van der Waals surface area contributed by atoms with Gasteiger partial charge in [-0.05, 0) is 56.5 Å². The van der Waals surface area contributed by atoms with E-state index < -0.39 is 6.04 Å². The Morgan fingerprint density at radius 2 is 1.81 bits per heavy atom. The number of nitrogens with zero attached hydrogens (tertiary/aromatic N) is 2. The summed E-state index contributed by atoms with van der Waals surface area (Å²) in [6, 6.07) is 6.23. The fraction of sp³-hybridized carbons (Fsp3) is 0.600. The highest BCUT2D eigenvalue weighted by atomic mass is 19.1. The van der Waals surface area contributed by atoms with Crippen LogP contribution in [0.5, 0.6) is 0 Å². The topological polar surface area (TPSA) is 64.7 Å². The van der Waals surface area contributed by atoms with Crippen LogP contribution < -0.4 is 10.6 Å². The molecule has 1 aromatic rings. The van der Waals surface area contributed by atoms with Crippen molar-refractivity contribution in [2.75, 3.05) is 39.3 Å². The zero-order valence-electron chi connectivity index (χ0n) is 15.8. The summed E-state index contributed by atoms with van der Waals surface area (Å²) < 4.78 is 13.0. The first-order valence-corrected chi connectivity index (χ1v) is 9.86. The number of hydrogen-bond acceptors (Lipinski definition) is 4. The second-order valence-corrected chi connectivity index (χ2v) is 7.44. The van der Waals surface area contributed by atoms with Gasteiger partial charge in [-0.15, -0.1) is 0 Å². The maximum atomic E-state index is 13.0. The lowest BCUT2D eigenvalue weighted by molar-refractivity contribution is -0.129. The highest BCUT2D eigenvalue weighted by Gasteiger charge is 2.24. The van der Waals surface area contributed by atoms with Gasteiger partial charge in [0.1, 0.15) is 11.9 Å². The summed E-state index contributed by atoms with van der Waals surface area (Å²) in [5.41, 5.74) is 1.10. The third kappa shape index (κ3) is 6.29. The van der Waals surface area contributed by atoms with Crippen molar-refractivity contribution < 1.29 is 14.0 Å². The van der Waals surface area contributed by atoms with Crippen LogP contribution in [0.1, 0.15) is 31.2 Å². The van der Waals surface area contributed by atoms with Crippen molar-refractivity contribution in [3.05, 3.63) is 35.6 Å². The van der Waals surface area contributed by atoms with Crippen molar-refractivity contribution in [3.63, 3.8) is 0 Å². The molecule has 0 bridgehead atoms. The van der Waals surface area contributed by atoms with E-state index in [1.54, 1.807) is 0 Å². The van der Waals surface area contributed by atoms with E-state index in [0.717, 1.165) is 57.5 Å². The second-order valence-electron chi connectivity index (χ2n) is 7.44. The zero-order chi connectivity index (χ0) is 19.1. The Bertz CT molecular complexity index is 637. The van der Waals surface area contributed by atoms with Crippen LogP contribution in [0, 0.1) is 5.82 Å². The average molecular weight is 376 g/mol. The molecule has 2 fully saturated rings. The third-order valence-electron chi connectivity index (χ3n) is 5.24. The summed E-state index contributed by atoms with van der Waals surface area (Å²) in [6.07, 6.45) is 3.61. The number of amides is 2. The van der Waals surface area contributed by atoms with E-state index in [0.29, 0.717) is 19.5 Å². The maximum absolute atomic E-state index is 13.0. The Labute approximate surface area is 160 Å². The molecule has 0 aromatic heterocycles. The van der Waals surface area contributed by atoms with E-state index in [-0.39, 0.29) is 17.6 Å². The molecule has 1 unspecified atom stereocenters. The molecule has 7 heteroatoms. The van der Waals surface area contributed by atoms with Gasteiger partial charge in [-0.2, -0.15) is 0 Å². The monoisotopic (exact) mass is 376 g/mol. The minimum atomic E-state index is -0.401. The standard InChI is InChI=1S/C20H29FN4O2/c21-17-7-5-16(6-8-17)14-24-10-3-11-25(13-12-24)15-19(26)23-18-4-1-2-9-22-20(18)27/h5-8,18H,1-4,9-15H2,(H,22,27)(H,23,26). The predicted octanol–water partition coefficient (Wildman–Crippen LogP) is 1.12. The van der Waals surface area contributed by atoms with E-state index in [2.05, 4.69) is 20.4 Å².